The van der Waals surface area contributed by atoms with Gasteiger partial charge in [-0.25, -0.2) is 0 Å². The zero-order valence-corrected chi connectivity index (χ0v) is 8.48. The third-order valence-corrected chi connectivity index (χ3v) is 2.52. The van der Waals surface area contributed by atoms with Crippen LogP contribution in [0.25, 0.3) is 0 Å². The molecular weight excluding hydrogens is 164 g/mol. The monoisotopic (exact) mass is 180 g/mol. The fourth-order valence-corrected chi connectivity index (χ4v) is 1.75. The highest BCUT2D eigenvalue weighted by Crippen LogP contribution is 2.38. The molecule has 0 saturated heterocycles. The highest BCUT2D eigenvalue weighted by molar-refractivity contribution is 6.01. The van der Waals surface area contributed by atoms with Crippen LogP contribution in [0.1, 0.15) is 33.6 Å². The maximum atomic E-state index is 11.8. The number of aliphatic hydroxyl groups is 1. The maximum absolute atomic E-state index is 11.8. The first-order chi connectivity index (χ1) is 5.90. The molecule has 1 aliphatic rings. The van der Waals surface area contributed by atoms with Crippen molar-refractivity contribution in [3.05, 3.63) is 23.5 Å². The number of aliphatic hydroxyl groups excluding tert-OH is 1. The van der Waals surface area contributed by atoms with E-state index in [-0.39, 0.29) is 11.5 Å². The van der Waals surface area contributed by atoms with E-state index in [2.05, 4.69) is 6.58 Å². The topological polar surface area (TPSA) is 37.3 Å². The van der Waals surface area contributed by atoms with Gasteiger partial charge in [-0.2, -0.15) is 0 Å². The molecule has 1 rings (SSSR count). The zero-order chi connectivity index (χ0) is 10.2. The lowest BCUT2D eigenvalue weighted by atomic mass is 9.73. The predicted octanol–water partition coefficient (Wildman–Crippen LogP) is 2.76. The molecule has 13 heavy (non-hydrogen) atoms. The van der Waals surface area contributed by atoms with Gasteiger partial charge in [-0.15, -0.1) is 0 Å². The first-order valence-corrected chi connectivity index (χ1v) is 4.55. The molecule has 0 aliphatic heterocycles. The maximum Gasteiger partial charge on any atom is 0.168 e. The van der Waals surface area contributed by atoms with Crippen molar-refractivity contribution in [1.29, 1.82) is 0 Å². The summed E-state index contributed by atoms with van der Waals surface area (Å²) >= 11 is 0. The van der Waals surface area contributed by atoms with Crippen LogP contribution in [0.2, 0.25) is 0 Å². The summed E-state index contributed by atoms with van der Waals surface area (Å²) in [5, 5.41) is 9.60. The summed E-state index contributed by atoms with van der Waals surface area (Å²) in [6.07, 6.45) is 1.13. The molecule has 2 nitrogen and oxygen atoms in total. The average molecular weight is 180 g/mol. The minimum absolute atomic E-state index is 0.0555. The van der Waals surface area contributed by atoms with Gasteiger partial charge in [0.25, 0.3) is 0 Å². The summed E-state index contributed by atoms with van der Waals surface area (Å²) in [5.41, 5.74) is 0.817. The minimum atomic E-state index is -0.394. The lowest BCUT2D eigenvalue weighted by Crippen LogP contribution is -2.31. The predicted molar refractivity (Wildman–Crippen MR) is 52.5 cm³/mol. The molecule has 0 aromatic heterocycles. The van der Waals surface area contributed by atoms with Crippen molar-refractivity contribution in [3.8, 4) is 0 Å². The number of allylic oxidation sites excluding steroid dienone is 2. The smallest absolute Gasteiger partial charge is 0.168 e. The van der Waals surface area contributed by atoms with Gasteiger partial charge in [-0.1, -0.05) is 27.4 Å². The third kappa shape index (κ3) is 1.53. The van der Waals surface area contributed by atoms with Gasteiger partial charge in [0.1, 0.15) is 5.76 Å². The van der Waals surface area contributed by atoms with Gasteiger partial charge in [0.15, 0.2) is 5.78 Å². The summed E-state index contributed by atoms with van der Waals surface area (Å²) in [6, 6.07) is 0. The van der Waals surface area contributed by atoms with Crippen LogP contribution in [-0.2, 0) is 4.79 Å². The Morgan fingerprint density at radius 3 is 2.54 bits per heavy atom. The van der Waals surface area contributed by atoms with Crippen LogP contribution in [0, 0.1) is 5.41 Å². The molecule has 0 spiro atoms. The minimum Gasteiger partial charge on any atom is -0.507 e. The Bertz CT molecular complexity index is 295. The Morgan fingerprint density at radius 2 is 2.08 bits per heavy atom. The van der Waals surface area contributed by atoms with Gasteiger partial charge in [0.2, 0.25) is 0 Å². The molecule has 0 saturated carbocycles. The van der Waals surface area contributed by atoms with E-state index in [0.29, 0.717) is 24.0 Å². The van der Waals surface area contributed by atoms with Crippen molar-refractivity contribution in [2.75, 3.05) is 0 Å². The van der Waals surface area contributed by atoms with E-state index in [1.165, 1.54) is 0 Å². The lowest BCUT2D eigenvalue weighted by molar-refractivity contribution is -0.124. The van der Waals surface area contributed by atoms with E-state index in [1.807, 2.05) is 20.8 Å². The second kappa shape index (κ2) is 3.02. The van der Waals surface area contributed by atoms with Gasteiger partial charge in [-0.3, -0.25) is 4.79 Å². The Morgan fingerprint density at radius 1 is 1.54 bits per heavy atom. The molecule has 2 heteroatoms. The fourth-order valence-electron chi connectivity index (χ4n) is 1.75. The molecular formula is C11H16O2. The molecule has 72 valence electrons. The van der Waals surface area contributed by atoms with Gasteiger partial charge in [-0.05, 0) is 18.4 Å². The van der Waals surface area contributed by atoms with Crippen molar-refractivity contribution in [1.82, 2.24) is 0 Å². The van der Waals surface area contributed by atoms with Crippen molar-refractivity contribution < 1.29 is 9.90 Å². The second-order valence-corrected chi connectivity index (χ2v) is 4.17. The SMILES string of the molecule is C=C1CC(C)(C)C(=O)C(CC)=C1O. The largest absolute Gasteiger partial charge is 0.507 e. The summed E-state index contributed by atoms with van der Waals surface area (Å²) in [4.78, 5) is 11.8. The Labute approximate surface area is 79.0 Å². The number of carbonyl (C=O) groups is 1. The van der Waals surface area contributed by atoms with Crippen LogP contribution in [0.3, 0.4) is 0 Å². The molecule has 0 bridgehead atoms. The van der Waals surface area contributed by atoms with E-state index in [4.69, 9.17) is 0 Å². The van der Waals surface area contributed by atoms with E-state index in [1.54, 1.807) is 0 Å². The van der Waals surface area contributed by atoms with E-state index in [0.717, 1.165) is 0 Å². The molecule has 0 unspecified atom stereocenters. The highest BCUT2D eigenvalue weighted by atomic mass is 16.3. The third-order valence-electron chi connectivity index (χ3n) is 2.52. The van der Waals surface area contributed by atoms with Crippen LogP contribution < -0.4 is 0 Å². The summed E-state index contributed by atoms with van der Waals surface area (Å²) in [7, 11) is 0. The number of ketones is 1. The van der Waals surface area contributed by atoms with Crippen LogP contribution in [0.15, 0.2) is 23.5 Å². The van der Waals surface area contributed by atoms with Gasteiger partial charge in [0.05, 0.1) is 0 Å². The van der Waals surface area contributed by atoms with Crippen LogP contribution in [0.4, 0.5) is 0 Å². The zero-order valence-electron chi connectivity index (χ0n) is 8.48. The molecule has 0 atom stereocenters. The number of carbonyl (C=O) groups excluding carboxylic acids is 1. The van der Waals surface area contributed by atoms with Crippen LogP contribution in [0.5, 0.6) is 0 Å². The van der Waals surface area contributed by atoms with E-state index in [9.17, 15) is 9.90 Å². The van der Waals surface area contributed by atoms with E-state index >= 15 is 0 Å². The standard InChI is InChI=1S/C11H16O2/c1-5-8-9(12)7(2)6-11(3,4)10(8)13/h12H,2,5-6H2,1,3-4H3. The van der Waals surface area contributed by atoms with Crippen molar-refractivity contribution in [2.24, 2.45) is 5.41 Å². The molecule has 0 aromatic carbocycles. The first kappa shape index (κ1) is 10.0. The van der Waals surface area contributed by atoms with Gasteiger partial charge in [0, 0.05) is 11.0 Å². The van der Waals surface area contributed by atoms with Gasteiger partial charge >= 0.3 is 0 Å². The highest BCUT2D eigenvalue weighted by Gasteiger charge is 2.36. The normalized spacial score (nSPS) is 22.4. The lowest BCUT2D eigenvalue weighted by Gasteiger charge is -2.30. The summed E-state index contributed by atoms with van der Waals surface area (Å²) < 4.78 is 0. The Kier molecular flexibility index (Phi) is 2.33. The number of hydrogen-bond donors (Lipinski definition) is 1. The fraction of sp³-hybridized carbons (Fsp3) is 0.545. The second-order valence-electron chi connectivity index (χ2n) is 4.17. The molecule has 0 radical (unpaired) electrons. The molecule has 0 aromatic rings. The first-order valence-electron chi connectivity index (χ1n) is 4.55. The Hall–Kier alpha value is -1.05. The van der Waals surface area contributed by atoms with Crippen molar-refractivity contribution in [2.45, 2.75) is 33.6 Å². The molecule has 0 fully saturated rings. The average Bonchev–Trinajstić information content (AvgIpc) is 2.02. The summed E-state index contributed by atoms with van der Waals surface area (Å²) in [6.45, 7) is 9.42. The molecule has 0 heterocycles. The van der Waals surface area contributed by atoms with Crippen molar-refractivity contribution in [3.63, 3.8) is 0 Å². The number of Topliss-reactive ketones (excluding diaryl/α,β-unsaturated/α-hetero) is 1. The van der Waals surface area contributed by atoms with E-state index < -0.39 is 5.41 Å². The van der Waals surface area contributed by atoms with Crippen molar-refractivity contribution >= 4 is 5.78 Å². The summed E-state index contributed by atoms with van der Waals surface area (Å²) in [5.74, 6) is 0.173. The number of hydrogen-bond acceptors (Lipinski definition) is 2. The van der Waals surface area contributed by atoms with Crippen LogP contribution >= 0.6 is 0 Å². The van der Waals surface area contributed by atoms with Gasteiger partial charge < -0.3 is 5.11 Å². The molecule has 0 amide bonds. The van der Waals surface area contributed by atoms with Crippen LogP contribution in [-0.4, -0.2) is 10.9 Å². The Balaban J connectivity index is 3.20. The molecule has 1 N–H and O–H groups in total. The quantitative estimate of drug-likeness (QED) is 0.673. The molecule has 1 aliphatic carbocycles. The number of rotatable bonds is 1.